The predicted octanol–water partition coefficient (Wildman–Crippen LogP) is 2.94. The highest BCUT2D eigenvalue weighted by Crippen LogP contribution is 2.16. The molecule has 1 aliphatic rings. The summed E-state index contributed by atoms with van der Waals surface area (Å²) in [6, 6.07) is 8.56. The summed E-state index contributed by atoms with van der Waals surface area (Å²) >= 11 is 0. The highest BCUT2D eigenvalue weighted by molar-refractivity contribution is 6.13. The molecule has 0 unspecified atom stereocenters. The van der Waals surface area contributed by atoms with Gasteiger partial charge >= 0.3 is 0 Å². The standard InChI is InChI=1S/C16H7F2NO/c17-14-6-4-11(8-15(14)18)2-1-10-3-5-13-12(7-10)9-19-16(13)20/h3-9H. The molecule has 0 bridgehead atoms. The molecule has 0 N–H and O–H groups in total. The number of carbonyl (C=O) groups is 1. The van der Waals surface area contributed by atoms with Crippen LogP contribution in [0.4, 0.5) is 8.78 Å². The number of amides is 1. The molecule has 96 valence electrons. The number of nitrogens with zero attached hydrogens (tertiary/aromatic N) is 1. The second kappa shape index (κ2) is 4.71. The van der Waals surface area contributed by atoms with E-state index in [1.807, 2.05) is 0 Å². The maximum atomic E-state index is 13.0. The van der Waals surface area contributed by atoms with E-state index in [9.17, 15) is 13.6 Å². The molecule has 0 atom stereocenters. The van der Waals surface area contributed by atoms with Crippen LogP contribution in [0.1, 0.15) is 27.0 Å². The fourth-order valence-corrected chi connectivity index (χ4v) is 1.86. The van der Waals surface area contributed by atoms with E-state index in [4.69, 9.17) is 0 Å². The third kappa shape index (κ3) is 2.21. The molecule has 0 saturated heterocycles. The SMILES string of the molecule is O=C1N=Cc2cc(C#Cc3ccc(F)c(F)c3)ccc21. The van der Waals surface area contributed by atoms with E-state index >= 15 is 0 Å². The van der Waals surface area contributed by atoms with Crippen molar-refractivity contribution in [2.24, 2.45) is 4.99 Å². The first-order valence-electron chi connectivity index (χ1n) is 5.83. The van der Waals surface area contributed by atoms with Crippen LogP contribution >= 0.6 is 0 Å². The smallest absolute Gasteiger partial charge is 0.267 e. The van der Waals surface area contributed by atoms with Crippen molar-refractivity contribution in [2.45, 2.75) is 0 Å². The number of halogens is 2. The lowest BCUT2D eigenvalue weighted by atomic mass is 10.1. The Bertz CT molecular complexity index is 813. The average molecular weight is 267 g/mol. The Labute approximate surface area is 113 Å². The average Bonchev–Trinajstić information content (AvgIpc) is 2.81. The van der Waals surface area contributed by atoms with E-state index in [1.165, 1.54) is 12.3 Å². The van der Waals surface area contributed by atoms with Crippen molar-refractivity contribution >= 4 is 12.1 Å². The third-order valence-corrected chi connectivity index (χ3v) is 2.87. The Morgan fingerprint density at radius 1 is 0.900 bits per heavy atom. The van der Waals surface area contributed by atoms with Gasteiger partial charge in [-0.25, -0.2) is 13.8 Å². The molecular formula is C16H7F2NO. The van der Waals surface area contributed by atoms with Gasteiger partial charge in [-0.15, -0.1) is 0 Å². The number of rotatable bonds is 0. The van der Waals surface area contributed by atoms with Crippen LogP contribution in [-0.2, 0) is 0 Å². The van der Waals surface area contributed by atoms with Crippen LogP contribution in [0.3, 0.4) is 0 Å². The van der Waals surface area contributed by atoms with Gasteiger partial charge in [0.2, 0.25) is 0 Å². The molecule has 0 spiro atoms. The Morgan fingerprint density at radius 2 is 1.60 bits per heavy atom. The third-order valence-electron chi connectivity index (χ3n) is 2.87. The zero-order chi connectivity index (χ0) is 14.1. The normalized spacial score (nSPS) is 12.0. The number of hydrogen-bond donors (Lipinski definition) is 0. The lowest BCUT2D eigenvalue weighted by molar-refractivity contribution is 0.101. The number of benzene rings is 2. The van der Waals surface area contributed by atoms with Crippen LogP contribution in [-0.4, -0.2) is 12.1 Å². The minimum Gasteiger partial charge on any atom is -0.267 e. The van der Waals surface area contributed by atoms with Gasteiger partial charge in [0.25, 0.3) is 5.91 Å². The van der Waals surface area contributed by atoms with Crippen molar-refractivity contribution in [3.05, 3.63) is 70.3 Å². The van der Waals surface area contributed by atoms with Gasteiger partial charge in [-0.2, -0.15) is 0 Å². The topological polar surface area (TPSA) is 29.4 Å². The molecule has 1 aliphatic heterocycles. The molecule has 4 heteroatoms. The molecule has 0 aromatic heterocycles. The van der Waals surface area contributed by atoms with Crippen molar-refractivity contribution < 1.29 is 13.6 Å². The van der Waals surface area contributed by atoms with Gasteiger partial charge < -0.3 is 0 Å². The largest absolute Gasteiger partial charge is 0.277 e. The van der Waals surface area contributed by atoms with Gasteiger partial charge in [-0.05, 0) is 36.4 Å². The van der Waals surface area contributed by atoms with Crippen LogP contribution in [0.2, 0.25) is 0 Å². The molecule has 1 amide bonds. The molecule has 0 radical (unpaired) electrons. The molecule has 0 aliphatic carbocycles. The zero-order valence-electron chi connectivity index (χ0n) is 10.2. The Morgan fingerprint density at radius 3 is 2.35 bits per heavy atom. The molecule has 2 aromatic carbocycles. The van der Waals surface area contributed by atoms with Crippen molar-refractivity contribution in [2.75, 3.05) is 0 Å². The fraction of sp³-hybridized carbons (Fsp3) is 0. The first-order valence-corrected chi connectivity index (χ1v) is 5.83. The highest BCUT2D eigenvalue weighted by atomic mass is 19.2. The summed E-state index contributed by atoms with van der Waals surface area (Å²) in [4.78, 5) is 15.0. The van der Waals surface area contributed by atoms with Crippen LogP contribution in [0.5, 0.6) is 0 Å². The number of carbonyl (C=O) groups excluding carboxylic acids is 1. The molecule has 2 nitrogen and oxygen atoms in total. The lowest BCUT2D eigenvalue weighted by Gasteiger charge is -1.96. The maximum absolute atomic E-state index is 13.0. The summed E-state index contributed by atoms with van der Waals surface area (Å²) in [6.45, 7) is 0. The highest BCUT2D eigenvalue weighted by Gasteiger charge is 2.14. The van der Waals surface area contributed by atoms with Crippen molar-refractivity contribution in [1.29, 1.82) is 0 Å². The Hall–Kier alpha value is -2.80. The van der Waals surface area contributed by atoms with Gasteiger partial charge in [-0.3, -0.25) is 4.79 Å². The Kier molecular flexibility index (Phi) is 2.88. The molecular weight excluding hydrogens is 260 g/mol. The number of fused-ring (bicyclic) bond motifs is 1. The molecule has 20 heavy (non-hydrogen) atoms. The second-order valence-corrected chi connectivity index (χ2v) is 4.24. The minimum atomic E-state index is -0.927. The van der Waals surface area contributed by atoms with Crippen LogP contribution in [0, 0.1) is 23.5 Å². The predicted molar refractivity (Wildman–Crippen MR) is 70.7 cm³/mol. The zero-order valence-corrected chi connectivity index (χ0v) is 10.2. The molecule has 0 fully saturated rings. The monoisotopic (exact) mass is 267 g/mol. The van der Waals surface area contributed by atoms with Gasteiger partial charge in [-0.1, -0.05) is 11.8 Å². The summed E-state index contributed by atoms with van der Waals surface area (Å²) in [7, 11) is 0. The van der Waals surface area contributed by atoms with Crippen LogP contribution in [0.25, 0.3) is 0 Å². The van der Waals surface area contributed by atoms with E-state index < -0.39 is 11.6 Å². The maximum Gasteiger partial charge on any atom is 0.277 e. The van der Waals surface area contributed by atoms with Crippen LogP contribution < -0.4 is 0 Å². The van der Waals surface area contributed by atoms with E-state index in [0.29, 0.717) is 22.3 Å². The van der Waals surface area contributed by atoms with E-state index in [1.54, 1.807) is 18.2 Å². The van der Waals surface area contributed by atoms with E-state index in [0.717, 1.165) is 12.1 Å². The number of hydrogen-bond acceptors (Lipinski definition) is 1. The summed E-state index contributed by atoms with van der Waals surface area (Å²) in [5.74, 6) is 3.49. The first kappa shape index (κ1) is 12.2. The summed E-state index contributed by atoms with van der Waals surface area (Å²) in [5.41, 5.74) is 2.32. The van der Waals surface area contributed by atoms with Crippen molar-refractivity contribution in [3.8, 4) is 11.8 Å². The Balaban J connectivity index is 1.92. The number of aliphatic imine (C=N–C) groups is 1. The molecule has 3 rings (SSSR count). The van der Waals surface area contributed by atoms with Gasteiger partial charge in [0.05, 0.1) is 5.56 Å². The fourth-order valence-electron chi connectivity index (χ4n) is 1.86. The lowest BCUT2D eigenvalue weighted by Crippen LogP contribution is -1.92. The summed E-state index contributed by atoms with van der Waals surface area (Å²) in [6.07, 6.45) is 1.49. The van der Waals surface area contributed by atoms with Crippen molar-refractivity contribution in [3.63, 3.8) is 0 Å². The molecule has 0 saturated carbocycles. The first-order chi connectivity index (χ1) is 9.63. The van der Waals surface area contributed by atoms with Crippen molar-refractivity contribution in [1.82, 2.24) is 0 Å². The van der Waals surface area contributed by atoms with Gasteiger partial charge in [0.15, 0.2) is 11.6 Å². The summed E-state index contributed by atoms with van der Waals surface area (Å²) < 4.78 is 25.8. The van der Waals surface area contributed by atoms with E-state index in [-0.39, 0.29) is 5.91 Å². The molecule has 2 aromatic rings. The molecule has 1 heterocycles. The second-order valence-electron chi connectivity index (χ2n) is 4.24. The minimum absolute atomic E-state index is 0.264. The van der Waals surface area contributed by atoms with E-state index in [2.05, 4.69) is 16.8 Å². The summed E-state index contributed by atoms with van der Waals surface area (Å²) in [5, 5.41) is 0. The van der Waals surface area contributed by atoms with Gasteiger partial charge in [0.1, 0.15) is 0 Å². The van der Waals surface area contributed by atoms with Gasteiger partial charge in [0, 0.05) is 22.9 Å². The van der Waals surface area contributed by atoms with Crippen LogP contribution in [0.15, 0.2) is 41.4 Å². The quantitative estimate of drug-likeness (QED) is 0.675.